The fraction of sp³-hybridized carbons (Fsp3) is 0. The second kappa shape index (κ2) is 5.56. The van der Waals surface area contributed by atoms with Crippen molar-refractivity contribution in [2.75, 3.05) is 5.32 Å². The number of amides is 1. The van der Waals surface area contributed by atoms with Gasteiger partial charge in [0.05, 0.1) is 17.6 Å². The molecule has 5 nitrogen and oxygen atoms in total. The van der Waals surface area contributed by atoms with Gasteiger partial charge in [-0.1, -0.05) is 0 Å². The summed E-state index contributed by atoms with van der Waals surface area (Å²) in [5.41, 5.74) is 1.38. The fourth-order valence-electron chi connectivity index (χ4n) is 1.73. The predicted molar refractivity (Wildman–Crippen MR) is 81.3 cm³/mol. The van der Waals surface area contributed by atoms with Crippen molar-refractivity contribution in [2.24, 2.45) is 0 Å². The molecule has 0 spiro atoms. The summed E-state index contributed by atoms with van der Waals surface area (Å²) >= 11 is 4.73. The predicted octanol–water partition coefficient (Wildman–Crippen LogP) is 3.34. The van der Waals surface area contributed by atoms with Gasteiger partial charge in [-0.3, -0.25) is 9.78 Å². The van der Waals surface area contributed by atoms with Crippen LogP contribution < -0.4 is 5.32 Å². The molecule has 7 heteroatoms. The number of rotatable bonds is 3. The minimum absolute atomic E-state index is 0.173. The van der Waals surface area contributed by atoms with E-state index >= 15 is 0 Å². The van der Waals surface area contributed by atoms with Crippen LogP contribution in [-0.4, -0.2) is 20.7 Å². The molecule has 0 unspecified atom stereocenters. The van der Waals surface area contributed by atoms with Crippen LogP contribution in [0.3, 0.4) is 0 Å². The van der Waals surface area contributed by atoms with E-state index in [1.807, 2.05) is 23.7 Å². The van der Waals surface area contributed by atoms with Crippen LogP contribution in [0.4, 0.5) is 5.69 Å². The molecule has 0 saturated carbocycles. The first-order valence-electron chi connectivity index (χ1n) is 5.74. The highest BCUT2D eigenvalue weighted by Gasteiger charge is 2.14. The number of nitrogens with zero attached hydrogens (tertiary/aromatic N) is 3. The zero-order chi connectivity index (χ0) is 13.9. The van der Waals surface area contributed by atoms with Crippen molar-refractivity contribution in [1.29, 1.82) is 0 Å². The van der Waals surface area contributed by atoms with E-state index in [-0.39, 0.29) is 5.91 Å². The zero-order valence-electron chi connectivity index (χ0n) is 10.2. The van der Waals surface area contributed by atoms with Gasteiger partial charge < -0.3 is 5.32 Å². The Labute approximate surface area is 127 Å². The number of pyridine rings is 1. The number of carbonyl (C=O) groups excluding carboxylic acids is 1. The largest absolute Gasteiger partial charge is 0.318 e. The lowest BCUT2D eigenvalue weighted by Gasteiger charge is -2.09. The molecule has 1 N–H and O–H groups in total. The van der Waals surface area contributed by atoms with E-state index in [4.69, 9.17) is 0 Å². The Hall–Kier alpha value is -1.99. The average Bonchev–Trinajstić information content (AvgIpc) is 3.10. The smallest absolute Gasteiger partial charge is 0.266 e. The Kier molecular flexibility index (Phi) is 3.62. The van der Waals surface area contributed by atoms with Gasteiger partial charge >= 0.3 is 0 Å². The molecule has 0 bridgehead atoms. The first kappa shape index (κ1) is 13.0. The van der Waals surface area contributed by atoms with E-state index in [0.29, 0.717) is 10.6 Å². The highest BCUT2D eigenvalue weighted by molar-refractivity contribution is 9.10. The minimum atomic E-state index is -0.173. The number of anilines is 1. The van der Waals surface area contributed by atoms with Crippen molar-refractivity contribution < 1.29 is 4.79 Å². The van der Waals surface area contributed by atoms with Crippen LogP contribution in [0.5, 0.6) is 0 Å². The second-order valence-corrected chi connectivity index (χ2v) is 5.67. The molecule has 0 radical (unpaired) electrons. The fourth-order valence-corrected chi connectivity index (χ4v) is 3.18. The zero-order valence-corrected chi connectivity index (χ0v) is 12.6. The number of hydrogen-bond donors (Lipinski definition) is 1. The van der Waals surface area contributed by atoms with Crippen molar-refractivity contribution in [3.05, 3.63) is 57.7 Å². The number of nitrogens with one attached hydrogen (secondary N) is 1. The molecule has 100 valence electrons. The molecule has 3 aromatic rings. The quantitative estimate of drug-likeness (QED) is 0.789. The number of hydrogen-bond acceptors (Lipinski definition) is 4. The summed E-state index contributed by atoms with van der Waals surface area (Å²) in [5, 5.41) is 8.88. The third-order valence-corrected chi connectivity index (χ3v) is 4.46. The molecule has 1 amide bonds. The summed E-state index contributed by atoms with van der Waals surface area (Å²) in [7, 11) is 0. The SMILES string of the molecule is O=C(Nc1cnccc1-n1cccn1)c1sccc1Br. The van der Waals surface area contributed by atoms with Gasteiger partial charge in [0.1, 0.15) is 4.88 Å². The maximum atomic E-state index is 12.2. The maximum absolute atomic E-state index is 12.2. The monoisotopic (exact) mass is 348 g/mol. The normalized spacial score (nSPS) is 10.4. The van der Waals surface area contributed by atoms with Crippen LogP contribution in [0.2, 0.25) is 0 Å². The van der Waals surface area contributed by atoms with E-state index < -0.39 is 0 Å². The van der Waals surface area contributed by atoms with E-state index in [9.17, 15) is 4.79 Å². The van der Waals surface area contributed by atoms with Crippen molar-refractivity contribution in [2.45, 2.75) is 0 Å². The molecular weight excluding hydrogens is 340 g/mol. The summed E-state index contributed by atoms with van der Waals surface area (Å²) in [4.78, 5) is 16.9. The van der Waals surface area contributed by atoms with Gasteiger partial charge in [-0.05, 0) is 39.5 Å². The van der Waals surface area contributed by atoms with E-state index in [2.05, 4.69) is 31.3 Å². The van der Waals surface area contributed by atoms with Gasteiger partial charge in [0.15, 0.2) is 0 Å². The third-order valence-electron chi connectivity index (χ3n) is 2.62. The van der Waals surface area contributed by atoms with Crippen LogP contribution in [0.1, 0.15) is 9.67 Å². The van der Waals surface area contributed by atoms with E-state index in [1.54, 1.807) is 29.3 Å². The number of thiophene rings is 1. The lowest BCUT2D eigenvalue weighted by molar-refractivity contribution is 0.103. The summed E-state index contributed by atoms with van der Waals surface area (Å²) in [6.07, 6.45) is 6.76. The first-order chi connectivity index (χ1) is 9.75. The van der Waals surface area contributed by atoms with Crippen molar-refractivity contribution in [3.63, 3.8) is 0 Å². The average molecular weight is 349 g/mol. The summed E-state index contributed by atoms with van der Waals surface area (Å²) in [5.74, 6) is -0.173. The molecule has 0 aliphatic carbocycles. The van der Waals surface area contributed by atoms with Gasteiger partial charge in [-0.25, -0.2) is 4.68 Å². The lowest BCUT2D eigenvalue weighted by atomic mass is 10.3. The second-order valence-electron chi connectivity index (χ2n) is 3.90. The molecule has 0 aliphatic heterocycles. The lowest BCUT2D eigenvalue weighted by Crippen LogP contribution is -2.13. The number of halogens is 1. The molecule has 0 aliphatic rings. The summed E-state index contributed by atoms with van der Waals surface area (Å²) < 4.78 is 2.46. The van der Waals surface area contributed by atoms with E-state index in [0.717, 1.165) is 10.2 Å². The van der Waals surface area contributed by atoms with E-state index in [1.165, 1.54) is 11.3 Å². The van der Waals surface area contributed by atoms with Crippen LogP contribution in [0, 0.1) is 0 Å². The summed E-state index contributed by atoms with van der Waals surface area (Å²) in [6, 6.07) is 5.46. The summed E-state index contributed by atoms with van der Waals surface area (Å²) in [6.45, 7) is 0. The number of aromatic nitrogens is 3. The van der Waals surface area contributed by atoms with Crippen molar-refractivity contribution in [1.82, 2.24) is 14.8 Å². The molecular formula is C13H9BrN4OS. The molecule has 0 atom stereocenters. The molecule has 0 fully saturated rings. The van der Waals surface area contributed by atoms with Gasteiger partial charge in [0.2, 0.25) is 0 Å². The van der Waals surface area contributed by atoms with Crippen LogP contribution in [0.25, 0.3) is 5.69 Å². The Morgan fingerprint density at radius 1 is 1.35 bits per heavy atom. The molecule has 0 saturated heterocycles. The third kappa shape index (κ3) is 2.50. The highest BCUT2D eigenvalue weighted by atomic mass is 79.9. The molecule has 3 rings (SSSR count). The van der Waals surface area contributed by atoms with Crippen molar-refractivity contribution in [3.8, 4) is 5.69 Å². The molecule has 3 aromatic heterocycles. The maximum Gasteiger partial charge on any atom is 0.266 e. The van der Waals surface area contributed by atoms with Crippen LogP contribution in [-0.2, 0) is 0 Å². The van der Waals surface area contributed by atoms with Gasteiger partial charge in [0, 0.05) is 23.1 Å². The first-order valence-corrected chi connectivity index (χ1v) is 7.41. The number of carbonyl (C=O) groups is 1. The topological polar surface area (TPSA) is 59.8 Å². The molecule has 3 heterocycles. The Morgan fingerprint density at radius 3 is 2.95 bits per heavy atom. The molecule has 0 aromatic carbocycles. The Balaban J connectivity index is 1.92. The Bertz CT molecular complexity index is 738. The van der Waals surface area contributed by atoms with Crippen LogP contribution in [0.15, 0.2) is 52.8 Å². The van der Waals surface area contributed by atoms with Gasteiger partial charge in [-0.15, -0.1) is 11.3 Å². The van der Waals surface area contributed by atoms with Crippen molar-refractivity contribution >= 4 is 38.9 Å². The highest BCUT2D eigenvalue weighted by Crippen LogP contribution is 2.25. The standard InChI is InChI=1S/C13H9BrN4OS/c14-9-3-7-20-12(9)13(19)17-10-8-15-5-2-11(10)18-6-1-4-16-18/h1-8H,(H,17,19). The Morgan fingerprint density at radius 2 is 2.25 bits per heavy atom. The molecule has 20 heavy (non-hydrogen) atoms. The van der Waals surface area contributed by atoms with Gasteiger partial charge in [0.25, 0.3) is 5.91 Å². The van der Waals surface area contributed by atoms with Crippen LogP contribution >= 0.6 is 27.3 Å². The minimum Gasteiger partial charge on any atom is -0.318 e. The van der Waals surface area contributed by atoms with Gasteiger partial charge in [-0.2, -0.15) is 5.10 Å².